The molecule has 2 heteroatoms. The zero-order valence-corrected chi connectivity index (χ0v) is 9.40. The first-order valence-corrected chi connectivity index (χ1v) is 5.36. The summed E-state index contributed by atoms with van der Waals surface area (Å²) in [5.74, 6) is 0. The number of hydrogen-bond donors (Lipinski definition) is 0. The Balaban J connectivity index is 2.73. The van der Waals surface area contributed by atoms with Crippen molar-refractivity contribution in [2.45, 2.75) is 25.1 Å². The van der Waals surface area contributed by atoms with Crippen molar-refractivity contribution in [1.82, 2.24) is 0 Å². The molecule has 0 nitrogen and oxygen atoms in total. The second kappa shape index (κ2) is 4.88. The Morgan fingerprint density at radius 3 is 2.83 bits per heavy atom. The highest BCUT2D eigenvalue weighted by atomic mass is 79.9. The summed E-state index contributed by atoms with van der Waals surface area (Å²) in [6, 6.07) is 8.18. The molecule has 1 unspecified atom stereocenters. The first-order chi connectivity index (χ1) is 5.74. The van der Waals surface area contributed by atoms with E-state index in [4.69, 9.17) is 11.6 Å². The molecule has 66 valence electrons. The molecule has 1 aromatic rings. The minimum atomic E-state index is 0.160. The fourth-order valence-corrected chi connectivity index (χ4v) is 1.89. The lowest BCUT2D eigenvalue weighted by atomic mass is 10.1. The molecule has 0 aromatic heterocycles. The third kappa shape index (κ3) is 2.80. The number of rotatable bonds is 3. The molecule has 0 fully saturated rings. The zero-order valence-electron chi connectivity index (χ0n) is 7.06. The molecule has 0 saturated carbocycles. The smallest absolute Gasteiger partial charge is 0.0585 e. The van der Waals surface area contributed by atoms with Crippen LogP contribution in [-0.2, 0) is 0 Å². The number of halogens is 2. The van der Waals surface area contributed by atoms with E-state index in [9.17, 15) is 0 Å². The van der Waals surface area contributed by atoms with E-state index >= 15 is 0 Å². The van der Waals surface area contributed by atoms with Gasteiger partial charge in [0.1, 0.15) is 0 Å². The van der Waals surface area contributed by atoms with Crippen molar-refractivity contribution >= 4 is 27.5 Å². The van der Waals surface area contributed by atoms with Gasteiger partial charge >= 0.3 is 0 Å². The number of alkyl halides is 1. The monoisotopic (exact) mass is 246 g/mol. The number of hydrogen-bond acceptors (Lipinski definition) is 0. The first kappa shape index (κ1) is 10.1. The van der Waals surface area contributed by atoms with Crippen LogP contribution >= 0.6 is 27.5 Å². The maximum Gasteiger partial charge on any atom is 0.0585 e. The minimum absolute atomic E-state index is 0.160. The molecule has 0 spiro atoms. The largest absolute Gasteiger partial charge is 0.118 e. The van der Waals surface area contributed by atoms with Crippen molar-refractivity contribution in [3.8, 4) is 0 Å². The normalized spacial score (nSPS) is 12.9. The number of benzene rings is 1. The van der Waals surface area contributed by atoms with Crippen molar-refractivity contribution < 1.29 is 0 Å². The van der Waals surface area contributed by atoms with Crippen LogP contribution in [0.5, 0.6) is 0 Å². The van der Waals surface area contributed by atoms with Gasteiger partial charge < -0.3 is 0 Å². The molecular formula is C10H12BrCl. The van der Waals surface area contributed by atoms with E-state index in [1.165, 1.54) is 5.56 Å². The van der Waals surface area contributed by atoms with E-state index in [0.717, 1.165) is 17.3 Å². The summed E-state index contributed by atoms with van der Waals surface area (Å²) in [6.07, 6.45) is 2.17. The highest BCUT2D eigenvalue weighted by Gasteiger charge is 2.05. The van der Waals surface area contributed by atoms with Crippen molar-refractivity contribution in [1.29, 1.82) is 0 Å². The van der Waals surface area contributed by atoms with Crippen LogP contribution in [0.1, 0.15) is 30.7 Å². The third-order valence-corrected chi connectivity index (χ3v) is 2.72. The van der Waals surface area contributed by atoms with Gasteiger partial charge in [0.05, 0.1) is 5.38 Å². The van der Waals surface area contributed by atoms with Gasteiger partial charge in [0.15, 0.2) is 0 Å². The molecule has 0 N–H and O–H groups in total. The van der Waals surface area contributed by atoms with Gasteiger partial charge in [0.2, 0.25) is 0 Å². The minimum Gasteiger partial charge on any atom is -0.118 e. The van der Waals surface area contributed by atoms with Gasteiger partial charge in [-0.3, -0.25) is 0 Å². The summed E-state index contributed by atoms with van der Waals surface area (Å²) in [6.45, 7) is 2.15. The zero-order chi connectivity index (χ0) is 8.97. The summed E-state index contributed by atoms with van der Waals surface area (Å²) in [7, 11) is 0. The van der Waals surface area contributed by atoms with Crippen LogP contribution in [0, 0.1) is 0 Å². The van der Waals surface area contributed by atoms with Gasteiger partial charge in [0, 0.05) is 4.47 Å². The molecule has 0 aliphatic carbocycles. The Bertz CT molecular complexity index is 247. The summed E-state index contributed by atoms with van der Waals surface area (Å²) >= 11 is 9.58. The van der Waals surface area contributed by atoms with Crippen molar-refractivity contribution in [3.63, 3.8) is 0 Å². The topological polar surface area (TPSA) is 0 Å². The highest BCUT2D eigenvalue weighted by Crippen LogP contribution is 2.27. The average molecular weight is 248 g/mol. The summed E-state index contributed by atoms with van der Waals surface area (Å²) in [4.78, 5) is 0. The predicted octanol–water partition coefficient (Wildman–Crippen LogP) is 4.53. The molecule has 0 radical (unpaired) electrons. The van der Waals surface area contributed by atoms with Gasteiger partial charge in [-0.1, -0.05) is 41.4 Å². The van der Waals surface area contributed by atoms with Crippen LogP contribution in [0.4, 0.5) is 0 Å². The van der Waals surface area contributed by atoms with Crippen LogP contribution in [0.15, 0.2) is 28.7 Å². The fraction of sp³-hybridized carbons (Fsp3) is 0.400. The van der Waals surface area contributed by atoms with Crippen LogP contribution < -0.4 is 0 Å². The van der Waals surface area contributed by atoms with Crippen LogP contribution in [-0.4, -0.2) is 0 Å². The second-order valence-corrected chi connectivity index (χ2v) is 4.25. The van der Waals surface area contributed by atoms with Gasteiger partial charge in [-0.25, -0.2) is 0 Å². The van der Waals surface area contributed by atoms with Crippen molar-refractivity contribution in [2.75, 3.05) is 0 Å². The van der Waals surface area contributed by atoms with Gasteiger partial charge in [-0.05, 0) is 24.1 Å². The van der Waals surface area contributed by atoms with Crippen LogP contribution in [0.25, 0.3) is 0 Å². The lowest BCUT2D eigenvalue weighted by Gasteiger charge is -2.07. The molecule has 0 aliphatic rings. The lowest BCUT2D eigenvalue weighted by Crippen LogP contribution is -1.88. The molecule has 0 bridgehead atoms. The van der Waals surface area contributed by atoms with Gasteiger partial charge in [0.25, 0.3) is 0 Å². The standard InChI is InChI=1S/C10H12BrCl/c1-2-4-10(12)8-5-3-6-9(11)7-8/h3,5-7,10H,2,4H2,1H3. The maximum atomic E-state index is 6.16. The summed E-state index contributed by atoms with van der Waals surface area (Å²) < 4.78 is 1.10. The van der Waals surface area contributed by atoms with E-state index in [-0.39, 0.29) is 5.38 Å². The lowest BCUT2D eigenvalue weighted by molar-refractivity contribution is 0.770. The van der Waals surface area contributed by atoms with E-state index in [2.05, 4.69) is 35.0 Å². The van der Waals surface area contributed by atoms with E-state index in [1.807, 2.05) is 12.1 Å². The molecule has 12 heavy (non-hydrogen) atoms. The molecule has 0 aliphatic heterocycles. The van der Waals surface area contributed by atoms with E-state index < -0.39 is 0 Å². The second-order valence-electron chi connectivity index (χ2n) is 2.81. The molecule has 1 aromatic carbocycles. The SMILES string of the molecule is CCCC(Cl)c1cccc(Br)c1. The summed E-state index contributed by atoms with van der Waals surface area (Å²) in [5, 5.41) is 0.160. The van der Waals surface area contributed by atoms with Gasteiger partial charge in [-0.2, -0.15) is 0 Å². The Labute approximate surface area is 87.1 Å². The predicted molar refractivity (Wildman–Crippen MR) is 57.6 cm³/mol. The molecular weight excluding hydrogens is 235 g/mol. The summed E-state index contributed by atoms with van der Waals surface area (Å²) in [5.41, 5.74) is 1.20. The van der Waals surface area contributed by atoms with Gasteiger partial charge in [-0.15, -0.1) is 11.6 Å². The Morgan fingerprint density at radius 2 is 2.25 bits per heavy atom. The van der Waals surface area contributed by atoms with Crippen LogP contribution in [0.2, 0.25) is 0 Å². The average Bonchev–Trinajstić information content (AvgIpc) is 2.05. The Morgan fingerprint density at radius 1 is 1.50 bits per heavy atom. The molecule has 0 heterocycles. The molecule has 1 atom stereocenters. The first-order valence-electron chi connectivity index (χ1n) is 4.13. The quantitative estimate of drug-likeness (QED) is 0.689. The van der Waals surface area contributed by atoms with Crippen molar-refractivity contribution in [2.24, 2.45) is 0 Å². The third-order valence-electron chi connectivity index (χ3n) is 1.75. The highest BCUT2D eigenvalue weighted by molar-refractivity contribution is 9.10. The molecule has 1 rings (SSSR count). The fourth-order valence-electron chi connectivity index (χ4n) is 1.12. The van der Waals surface area contributed by atoms with E-state index in [0.29, 0.717) is 0 Å². The molecule has 0 saturated heterocycles. The van der Waals surface area contributed by atoms with Crippen molar-refractivity contribution in [3.05, 3.63) is 34.3 Å². The Hall–Kier alpha value is -0.0100. The van der Waals surface area contributed by atoms with Crippen LogP contribution in [0.3, 0.4) is 0 Å². The maximum absolute atomic E-state index is 6.16. The Kier molecular flexibility index (Phi) is 4.10. The van der Waals surface area contributed by atoms with E-state index in [1.54, 1.807) is 0 Å². The molecule has 0 amide bonds.